The highest BCUT2D eigenvalue weighted by Gasteiger charge is 2.27. The van der Waals surface area contributed by atoms with Crippen molar-refractivity contribution >= 4 is 5.69 Å². The van der Waals surface area contributed by atoms with Gasteiger partial charge in [-0.2, -0.15) is 13.2 Å². The quantitative estimate of drug-likeness (QED) is 0.475. The molecule has 0 aliphatic heterocycles. The molecular weight excluding hydrogens is 295 g/mol. The third-order valence-corrected chi connectivity index (χ3v) is 2.41. The van der Waals surface area contributed by atoms with Gasteiger partial charge in [0.05, 0.1) is 17.6 Å². The molecule has 1 aromatic rings. The van der Waals surface area contributed by atoms with E-state index in [0.29, 0.717) is 0 Å². The third-order valence-electron chi connectivity index (χ3n) is 2.41. The topological polar surface area (TPSA) is 81.8 Å². The largest absolute Gasteiger partial charge is 0.491 e. The second-order valence-corrected chi connectivity index (χ2v) is 4.17. The summed E-state index contributed by atoms with van der Waals surface area (Å²) in [7, 11) is 0. The molecule has 0 radical (unpaired) electrons. The van der Waals surface area contributed by atoms with Crippen LogP contribution in [0.5, 0.6) is 5.75 Å². The van der Waals surface area contributed by atoms with E-state index in [1.165, 1.54) is 19.1 Å². The Bertz CT molecular complexity index is 490. The zero-order valence-corrected chi connectivity index (χ0v) is 11.1. The summed E-state index contributed by atoms with van der Waals surface area (Å²) in [6.45, 7) is -0.449. The van der Waals surface area contributed by atoms with E-state index in [9.17, 15) is 28.4 Å². The van der Waals surface area contributed by atoms with Crippen molar-refractivity contribution in [2.24, 2.45) is 0 Å². The first-order chi connectivity index (χ1) is 9.70. The van der Waals surface area contributed by atoms with Gasteiger partial charge in [-0.15, -0.1) is 0 Å². The monoisotopic (exact) mass is 309 g/mol. The number of aliphatic hydroxyl groups is 1. The summed E-state index contributed by atoms with van der Waals surface area (Å²) in [4.78, 5) is 10.0. The number of ether oxygens (including phenoxy) is 2. The SMILES string of the molecule is CC(O)c1cc([N+](=O)[O-])ccc1OCCOCC(F)(F)F. The fourth-order valence-electron chi connectivity index (χ4n) is 1.51. The minimum absolute atomic E-state index is 0.159. The van der Waals surface area contributed by atoms with Crippen molar-refractivity contribution in [2.45, 2.75) is 19.2 Å². The van der Waals surface area contributed by atoms with Gasteiger partial charge in [-0.05, 0) is 13.0 Å². The molecule has 0 amide bonds. The average molecular weight is 309 g/mol. The molecule has 1 atom stereocenters. The van der Waals surface area contributed by atoms with Crippen LogP contribution < -0.4 is 4.74 Å². The van der Waals surface area contributed by atoms with Crippen molar-refractivity contribution in [3.63, 3.8) is 0 Å². The lowest BCUT2D eigenvalue weighted by atomic mass is 10.1. The van der Waals surface area contributed by atoms with Crippen LogP contribution in [0.15, 0.2) is 18.2 Å². The molecule has 0 heterocycles. The van der Waals surface area contributed by atoms with E-state index >= 15 is 0 Å². The number of non-ortho nitro benzene ring substituents is 1. The van der Waals surface area contributed by atoms with Crippen molar-refractivity contribution in [1.82, 2.24) is 0 Å². The van der Waals surface area contributed by atoms with E-state index in [1.54, 1.807) is 0 Å². The molecule has 118 valence electrons. The van der Waals surface area contributed by atoms with Crippen molar-refractivity contribution < 1.29 is 32.7 Å². The first-order valence-corrected chi connectivity index (χ1v) is 5.94. The van der Waals surface area contributed by atoms with Gasteiger partial charge in [0.2, 0.25) is 0 Å². The number of hydrogen-bond acceptors (Lipinski definition) is 5. The first kappa shape index (κ1) is 17.2. The van der Waals surface area contributed by atoms with Gasteiger partial charge >= 0.3 is 6.18 Å². The molecule has 0 aliphatic carbocycles. The standard InChI is InChI=1S/C12H14F3NO5/c1-8(17)10-6-9(16(18)19)2-3-11(10)21-5-4-20-7-12(13,14)15/h2-3,6,8,17H,4-5,7H2,1H3. The fourth-order valence-corrected chi connectivity index (χ4v) is 1.51. The summed E-state index contributed by atoms with van der Waals surface area (Å²) in [6.07, 6.45) is -5.42. The van der Waals surface area contributed by atoms with Gasteiger partial charge in [0.1, 0.15) is 19.0 Å². The Hall–Kier alpha value is -1.87. The van der Waals surface area contributed by atoms with Gasteiger partial charge in [-0.1, -0.05) is 0 Å². The summed E-state index contributed by atoms with van der Waals surface area (Å²) in [5.74, 6) is 0.159. The van der Waals surface area contributed by atoms with Crippen molar-refractivity contribution in [3.8, 4) is 5.75 Å². The smallest absolute Gasteiger partial charge is 0.411 e. The Kier molecular flexibility index (Phi) is 5.91. The highest BCUT2D eigenvalue weighted by molar-refractivity contribution is 5.44. The molecule has 0 saturated carbocycles. The van der Waals surface area contributed by atoms with E-state index in [1.807, 2.05) is 0 Å². The number of halogens is 3. The van der Waals surface area contributed by atoms with Gasteiger partial charge in [-0.25, -0.2) is 0 Å². The number of nitro benzene ring substituents is 1. The highest BCUT2D eigenvalue weighted by Crippen LogP contribution is 2.29. The van der Waals surface area contributed by atoms with E-state index in [0.717, 1.165) is 6.07 Å². The minimum atomic E-state index is -4.40. The van der Waals surface area contributed by atoms with E-state index in [2.05, 4.69) is 4.74 Å². The molecule has 0 aliphatic rings. The normalized spacial score (nSPS) is 13.0. The summed E-state index contributed by atoms with van der Waals surface area (Å²) < 4.78 is 45.0. The number of aliphatic hydroxyl groups excluding tert-OH is 1. The maximum atomic E-state index is 11.8. The molecule has 9 heteroatoms. The molecule has 0 saturated heterocycles. The Balaban J connectivity index is 2.60. The summed E-state index contributed by atoms with van der Waals surface area (Å²) in [5.41, 5.74) is -0.0356. The lowest BCUT2D eigenvalue weighted by molar-refractivity contribution is -0.385. The Morgan fingerprint density at radius 2 is 2.05 bits per heavy atom. The van der Waals surface area contributed by atoms with Crippen molar-refractivity contribution in [2.75, 3.05) is 19.8 Å². The van der Waals surface area contributed by atoms with Crippen LogP contribution in [0.4, 0.5) is 18.9 Å². The number of rotatable bonds is 7. The summed E-state index contributed by atoms with van der Waals surface area (Å²) in [6, 6.07) is 3.61. The van der Waals surface area contributed by atoms with Crippen LogP contribution in [0.3, 0.4) is 0 Å². The maximum absolute atomic E-state index is 11.8. The zero-order valence-electron chi connectivity index (χ0n) is 11.1. The van der Waals surface area contributed by atoms with Crippen molar-refractivity contribution in [1.29, 1.82) is 0 Å². The van der Waals surface area contributed by atoms with Gasteiger partial charge in [0.15, 0.2) is 0 Å². The molecular formula is C12H14F3NO5. The molecule has 1 N–H and O–H groups in total. The van der Waals surface area contributed by atoms with Gasteiger partial charge in [0, 0.05) is 17.7 Å². The van der Waals surface area contributed by atoms with Crippen molar-refractivity contribution in [3.05, 3.63) is 33.9 Å². The summed E-state index contributed by atoms with van der Waals surface area (Å²) in [5, 5.41) is 20.2. The highest BCUT2D eigenvalue weighted by atomic mass is 19.4. The molecule has 6 nitrogen and oxygen atoms in total. The number of benzene rings is 1. The Labute approximate surface area is 118 Å². The second kappa shape index (κ2) is 7.23. The van der Waals surface area contributed by atoms with Crippen LogP contribution in [-0.4, -0.2) is 36.0 Å². The van der Waals surface area contributed by atoms with Crippen LogP contribution in [0, 0.1) is 10.1 Å². The van der Waals surface area contributed by atoms with Crippen LogP contribution >= 0.6 is 0 Å². The predicted octanol–water partition coefficient (Wildman–Crippen LogP) is 2.61. The second-order valence-electron chi connectivity index (χ2n) is 4.17. The number of hydrogen-bond donors (Lipinski definition) is 1. The molecule has 0 fully saturated rings. The lowest BCUT2D eigenvalue weighted by Gasteiger charge is -2.13. The molecule has 0 aromatic heterocycles. The van der Waals surface area contributed by atoms with Gasteiger partial charge < -0.3 is 14.6 Å². The number of nitrogens with zero attached hydrogens (tertiary/aromatic N) is 1. The zero-order chi connectivity index (χ0) is 16.0. The molecule has 0 bridgehead atoms. The number of alkyl halides is 3. The van der Waals surface area contributed by atoms with Gasteiger partial charge in [0.25, 0.3) is 5.69 Å². The molecule has 0 spiro atoms. The fraction of sp³-hybridized carbons (Fsp3) is 0.500. The average Bonchev–Trinajstić information content (AvgIpc) is 2.36. The van der Waals surface area contributed by atoms with E-state index in [4.69, 9.17) is 4.74 Å². The first-order valence-electron chi connectivity index (χ1n) is 5.94. The molecule has 1 unspecified atom stereocenters. The van der Waals surface area contributed by atoms with E-state index < -0.39 is 23.8 Å². The van der Waals surface area contributed by atoms with Crippen LogP contribution in [-0.2, 0) is 4.74 Å². The van der Waals surface area contributed by atoms with Crippen LogP contribution in [0.1, 0.15) is 18.6 Å². The predicted molar refractivity (Wildman–Crippen MR) is 66.1 cm³/mol. The summed E-state index contributed by atoms with van der Waals surface area (Å²) >= 11 is 0. The lowest BCUT2D eigenvalue weighted by Crippen LogP contribution is -2.19. The Morgan fingerprint density at radius 3 is 2.57 bits per heavy atom. The number of nitro groups is 1. The maximum Gasteiger partial charge on any atom is 0.411 e. The minimum Gasteiger partial charge on any atom is -0.491 e. The van der Waals surface area contributed by atoms with Crippen LogP contribution in [0.25, 0.3) is 0 Å². The molecule has 21 heavy (non-hydrogen) atoms. The molecule has 1 aromatic carbocycles. The van der Waals surface area contributed by atoms with Gasteiger partial charge in [-0.3, -0.25) is 10.1 Å². The Morgan fingerprint density at radius 1 is 1.38 bits per heavy atom. The van der Waals surface area contributed by atoms with E-state index in [-0.39, 0.29) is 30.2 Å². The van der Waals surface area contributed by atoms with Crippen LogP contribution in [0.2, 0.25) is 0 Å². The molecule has 1 rings (SSSR count). The third kappa shape index (κ3) is 5.96.